The average Bonchev–Trinajstić information content (AvgIpc) is 2.32. The molecule has 0 saturated carbocycles. The molecule has 0 spiro atoms. The van der Waals surface area contributed by atoms with E-state index in [9.17, 15) is 0 Å². The summed E-state index contributed by atoms with van der Waals surface area (Å²) >= 11 is 15.2. The van der Waals surface area contributed by atoms with Crippen LogP contribution in [0, 0.1) is 6.92 Å². The van der Waals surface area contributed by atoms with Gasteiger partial charge in [0.15, 0.2) is 0 Å². The van der Waals surface area contributed by atoms with Crippen molar-refractivity contribution in [1.29, 1.82) is 0 Å². The lowest BCUT2D eigenvalue weighted by Crippen LogP contribution is -2.02. The molecule has 0 aliphatic rings. The number of benzene rings is 1. The van der Waals surface area contributed by atoms with E-state index in [1.54, 1.807) is 6.07 Å². The largest absolute Gasteiger partial charge is 0.379 e. The van der Waals surface area contributed by atoms with Crippen LogP contribution in [-0.4, -0.2) is 4.98 Å². The Balaban J connectivity index is 2.09. The van der Waals surface area contributed by atoms with E-state index in [0.717, 1.165) is 21.4 Å². The number of nitrogens with zero attached hydrogens (tertiary/aromatic N) is 1. The summed E-state index contributed by atoms with van der Waals surface area (Å²) in [6.45, 7) is 2.63. The van der Waals surface area contributed by atoms with Gasteiger partial charge in [-0.05, 0) is 52.7 Å². The maximum Gasteiger partial charge on any atom is 0.129 e. The van der Waals surface area contributed by atoms with Crippen molar-refractivity contribution in [3.63, 3.8) is 0 Å². The number of anilines is 1. The monoisotopic (exact) mass is 344 g/mol. The molecule has 0 amide bonds. The number of nitrogens with one attached hydrogen (secondary N) is 1. The Bertz CT molecular complexity index is 573. The van der Waals surface area contributed by atoms with Gasteiger partial charge in [0.05, 0.1) is 16.4 Å². The van der Waals surface area contributed by atoms with E-state index in [2.05, 4.69) is 26.2 Å². The van der Waals surface area contributed by atoms with Gasteiger partial charge in [-0.2, -0.15) is 0 Å². The molecule has 0 saturated heterocycles. The van der Waals surface area contributed by atoms with E-state index in [-0.39, 0.29) is 0 Å². The molecule has 0 unspecified atom stereocenters. The van der Waals surface area contributed by atoms with Crippen molar-refractivity contribution < 1.29 is 0 Å². The summed E-state index contributed by atoms with van der Waals surface area (Å²) in [6, 6.07) is 9.55. The van der Waals surface area contributed by atoms with E-state index in [1.165, 1.54) is 0 Å². The molecule has 5 heteroatoms. The average molecular weight is 346 g/mol. The first-order chi connectivity index (χ1) is 8.56. The van der Waals surface area contributed by atoms with Crippen molar-refractivity contribution in [2.24, 2.45) is 0 Å². The Hall–Kier alpha value is -0.770. The molecule has 0 aliphatic heterocycles. The number of aryl methyl sites for hydroxylation is 1. The fourth-order valence-corrected chi connectivity index (χ4v) is 2.30. The minimum absolute atomic E-state index is 0.507. The number of halogens is 3. The van der Waals surface area contributed by atoms with Gasteiger partial charge in [-0.15, -0.1) is 0 Å². The van der Waals surface area contributed by atoms with Gasteiger partial charge >= 0.3 is 0 Å². The minimum Gasteiger partial charge on any atom is -0.379 e. The molecule has 1 heterocycles. The lowest BCUT2D eigenvalue weighted by molar-refractivity contribution is 1.11. The Labute approximate surface area is 124 Å². The van der Waals surface area contributed by atoms with Crippen LogP contribution in [0.4, 0.5) is 5.69 Å². The molecule has 0 fully saturated rings. The van der Waals surface area contributed by atoms with Gasteiger partial charge in [0.2, 0.25) is 0 Å². The maximum atomic E-state index is 5.95. The zero-order chi connectivity index (χ0) is 13.1. The van der Waals surface area contributed by atoms with Crippen LogP contribution < -0.4 is 5.32 Å². The molecule has 0 radical (unpaired) electrons. The third-order valence-corrected chi connectivity index (χ3v) is 3.94. The highest BCUT2D eigenvalue weighted by Gasteiger charge is 2.02. The van der Waals surface area contributed by atoms with E-state index < -0.39 is 0 Å². The molecule has 0 bridgehead atoms. The van der Waals surface area contributed by atoms with Gasteiger partial charge in [0.25, 0.3) is 0 Å². The Morgan fingerprint density at radius 3 is 2.67 bits per heavy atom. The molecule has 0 atom stereocenters. The maximum absolute atomic E-state index is 5.95. The first kappa shape index (κ1) is 13.7. The van der Waals surface area contributed by atoms with Crippen LogP contribution in [0.1, 0.15) is 11.3 Å². The normalized spacial score (nSPS) is 10.4. The number of rotatable bonds is 3. The Morgan fingerprint density at radius 1 is 1.22 bits per heavy atom. The molecule has 2 aromatic rings. The van der Waals surface area contributed by atoms with E-state index in [4.69, 9.17) is 23.2 Å². The fraction of sp³-hybridized carbons (Fsp3) is 0.154. The molecule has 18 heavy (non-hydrogen) atoms. The van der Waals surface area contributed by atoms with Crippen LogP contribution in [0.3, 0.4) is 0 Å². The summed E-state index contributed by atoms with van der Waals surface area (Å²) < 4.78 is 0.898. The van der Waals surface area contributed by atoms with Gasteiger partial charge in [-0.3, -0.25) is 0 Å². The van der Waals surface area contributed by atoms with Crippen molar-refractivity contribution >= 4 is 44.8 Å². The van der Waals surface area contributed by atoms with Crippen LogP contribution in [0.2, 0.25) is 10.2 Å². The minimum atomic E-state index is 0.507. The molecule has 1 aromatic heterocycles. The van der Waals surface area contributed by atoms with Crippen molar-refractivity contribution in [2.45, 2.75) is 13.5 Å². The number of aromatic nitrogens is 1. The lowest BCUT2D eigenvalue weighted by Gasteiger charge is -2.09. The Kier molecular flexibility index (Phi) is 4.49. The van der Waals surface area contributed by atoms with Crippen molar-refractivity contribution in [2.75, 3.05) is 5.32 Å². The first-order valence-electron chi connectivity index (χ1n) is 5.37. The number of hydrogen-bond acceptors (Lipinski definition) is 2. The summed E-state index contributed by atoms with van der Waals surface area (Å²) in [5, 5.41) is 4.54. The topological polar surface area (TPSA) is 24.9 Å². The van der Waals surface area contributed by atoms with Gasteiger partial charge in [-0.1, -0.05) is 29.3 Å². The summed E-state index contributed by atoms with van der Waals surface area (Å²) in [5.74, 6) is 0. The highest BCUT2D eigenvalue weighted by Crippen LogP contribution is 2.24. The third kappa shape index (κ3) is 3.37. The molecule has 1 aromatic carbocycles. The zero-order valence-electron chi connectivity index (χ0n) is 9.67. The molecule has 2 nitrogen and oxygen atoms in total. The second kappa shape index (κ2) is 5.91. The summed E-state index contributed by atoms with van der Waals surface area (Å²) in [4.78, 5) is 4.19. The molecule has 1 N–H and O–H groups in total. The summed E-state index contributed by atoms with van der Waals surface area (Å²) in [6.07, 6.45) is 0. The summed E-state index contributed by atoms with van der Waals surface area (Å²) in [7, 11) is 0. The van der Waals surface area contributed by atoms with E-state index in [0.29, 0.717) is 16.7 Å². The molecular weight excluding hydrogens is 335 g/mol. The van der Waals surface area contributed by atoms with Gasteiger partial charge in [0, 0.05) is 11.0 Å². The number of pyridine rings is 1. The fourth-order valence-electron chi connectivity index (χ4n) is 1.56. The van der Waals surface area contributed by atoms with Gasteiger partial charge in [-0.25, -0.2) is 4.98 Å². The predicted molar refractivity (Wildman–Crippen MR) is 80.5 cm³/mol. The first-order valence-corrected chi connectivity index (χ1v) is 6.92. The summed E-state index contributed by atoms with van der Waals surface area (Å²) in [5.41, 5.74) is 3.00. The lowest BCUT2D eigenvalue weighted by atomic mass is 10.2. The molecule has 94 valence electrons. The quantitative estimate of drug-likeness (QED) is 0.785. The standard InChI is InChI=1S/C13H11BrCl2N2/c1-8-12(4-5-13(16)18-8)17-7-9-2-3-11(15)10(14)6-9/h2-6,17H,7H2,1H3. The van der Waals surface area contributed by atoms with Crippen LogP contribution in [-0.2, 0) is 6.54 Å². The second-order valence-corrected chi connectivity index (χ2v) is 5.52. The predicted octanol–water partition coefficient (Wildman–Crippen LogP) is 5.07. The Morgan fingerprint density at radius 2 is 2.00 bits per heavy atom. The zero-order valence-corrected chi connectivity index (χ0v) is 12.8. The highest BCUT2D eigenvalue weighted by molar-refractivity contribution is 9.10. The second-order valence-electron chi connectivity index (χ2n) is 3.87. The smallest absolute Gasteiger partial charge is 0.129 e. The SMILES string of the molecule is Cc1nc(Cl)ccc1NCc1ccc(Cl)c(Br)c1. The van der Waals surface area contributed by atoms with Crippen molar-refractivity contribution in [3.05, 3.63) is 56.2 Å². The van der Waals surface area contributed by atoms with Crippen LogP contribution in [0.5, 0.6) is 0 Å². The third-order valence-electron chi connectivity index (χ3n) is 2.52. The van der Waals surface area contributed by atoms with Crippen molar-refractivity contribution in [1.82, 2.24) is 4.98 Å². The van der Waals surface area contributed by atoms with Gasteiger partial charge < -0.3 is 5.32 Å². The van der Waals surface area contributed by atoms with E-state index >= 15 is 0 Å². The molecule has 2 rings (SSSR count). The highest BCUT2D eigenvalue weighted by atomic mass is 79.9. The van der Waals surface area contributed by atoms with Crippen LogP contribution in [0.25, 0.3) is 0 Å². The molecular formula is C13H11BrCl2N2. The van der Waals surface area contributed by atoms with Crippen molar-refractivity contribution in [3.8, 4) is 0 Å². The number of hydrogen-bond donors (Lipinski definition) is 1. The molecule has 0 aliphatic carbocycles. The van der Waals surface area contributed by atoms with E-state index in [1.807, 2.05) is 31.2 Å². The van der Waals surface area contributed by atoms with Crippen LogP contribution in [0.15, 0.2) is 34.8 Å². The van der Waals surface area contributed by atoms with Crippen LogP contribution >= 0.6 is 39.1 Å². The van der Waals surface area contributed by atoms with Gasteiger partial charge in [0.1, 0.15) is 5.15 Å².